The van der Waals surface area contributed by atoms with Crippen molar-refractivity contribution in [1.82, 2.24) is 20.1 Å². The third-order valence-electron chi connectivity index (χ3n) is 3.08. The topological polar surface area (TPSA) is 61.9 Å². The third-order valence-corrected chi connectivity index (χ3v) is 3.08. The van der Waals surface area contributed by atoms with Gasteiger partial charge in [-0.05, 0) is 19.4 Å². The Bertz CT molecular complexity index is 518. The SMILES string of the molecule is Cc1ccc(C(C)N(C)C(=O)c2ncn[nH]2)cc1. The highest BCUT2D eigenvalue weighted by atomic mass is 16.2. The van der Waals surface area contributed by atoms with E-state index in [1.165, 1.54) is 11.9 Å². The molecule has 1 atom stereocenters. The van der Waals surface area contributed by atoms with Gasteiger partial charge in [0.15, 0.2) is 0 Å². The Morgan fingerprint density at radius 1 is 1.33 bits per heavy atom. The molecular formula is C13H16N4O. The minimum absolute atomic E-state index is 0.0109. The van der Waals surface area contributed by atoms with Crippen LogP contribution in [0.5, 0.6) is 0 Å². The molecule has 1 amide bonds. The number of rotatable bonds is 3. The van der Waals surface area contributed by atoms with Crippen molar-refractivity contribution >= 4 is 5.91 Å². The number of hydrogen-bond donors (Lipinski definition) is 1. The number of aromatic amines is 1. The Labute approximate surface area is 106 Å². The van der Waals surface area contributed by atoms with Crippen LogP contribution in [0.2, 0.25) is 0 Å². The van der Waals surface area contributed by atoms with Crippen LogP contribution in [-0.2, 0) is 0 Å². The number of H-pyrrole nitrogens is 1. The molecule has 1 N–H and O–H groups in total. The number of benzene rings is 1. The van der Waals surface area contributed by atoms with Crippen LogP contribution in [0.15, 0.2) is 30.6 Å². The van der Waals surface area contributed by atoms with Gasteiger partial charge in [-0.25, -0.2) is 4.98 Å². The first-order valence-electron chi connectivity index (χ1n) is 5.78. The molecule has 0 saturated carbocycles. The molecule has 2 aromatic rings. The molecule has 0 saturated heterocycles. The summed E-state index contributed by atoms with van der Waals surface area (Å²) < 4.78 is 0. The molecular weight excluding hydrogens is 228 g/mol. The van der Waals surface area contributed by atoms with Gasteiger partial charge in [0.25, 0.3) is 5.91 Å². The summed E-state index contributed by atoms with van der Waals surface area (Å²) in [6.07, 6.45) is 1.33. The van der Waals surface area contributed by atoms with E-state index < -0.39 is 0 Å². The van der Waals surface area contributed by atoms with Crippen molar-refractivity contribution in [3.05, 3.63) is 47.5 Å². The molecule has 0 fully saturated rings. The van der Waals surface area contributed by atoms with Gasteiger partial charge in [0.05, 0.1) is 6.04 Å². The lowest BCUT2D eigenvalue weighted by atomic mass is 10.1. The third kappa shape index (κ3) is 2.40. The molecule has 5 heteroatoms. The Morgan fingerprint density at radius 2 is 2.00 bits per heavy atom. The zero-order valence-corrected chi connectivity index (χ0v) is 10.7. The van der Waals surface area contributed by atoms with E-state index in [4.69, 9.17) is 0 Å². The van der Waals surface area contributed by atoms with Gasteiger partial charge in [0, 0.05) is 7.05 Å². The van der Waals surface area contributed by atoms with Crippen molar-refractivity contribution in [2.45, 2.75) is 19.9 Å². The fraction of sp³-hybridized carbons (Fsp3) is 0.308. The zero-order chi connectivity index (χ0) is 13.1. The van der Waals surface area contributed by atoms with Crippen LogP contribution in [0.1, 0.15) is 34.7 Å². The second kappa shape index (κ2) is 5.00. The molecule has 5 nitrogen and oxygen atoms in total. The van der Waals surface area contributed by atoms with Crippen molar-refractivity contribution in [3.8, 4) is 0 Å². The van der Waals surface area contributed by atoms with E-state index >= 15 is 0 Å². The van der Waals surface area contributed by atoms with E-state index in [1.54, 1.807) is 11.9 Å². The molecule has 0 aliphatic heterocycles. The van der Waals surface area contributed by atoms with Crippen LogP contribution < -0.4 is 0 Å². The molecule has 0 aliphatic carbocycles. The molecule has 0 spiro atoms. The van der Waals surface area contributed by atoms with Crippen molar-refractivity contribution in [2.75, 3.05) is 7.05 Å². The van der Waals surface area contributed by atoms with Gasteiger partial charge in [-0.2, -0.15) is 5.10 Å². The lowest BCUT2D eigenvalue weighted by molar-refractivity contribution is 0.0730. The van der Waals surface area contributed by atoms with Crippen molar-refractivity contribution in [1.29, 1.82) is 0 Å². The van der Waals surface area contributed by atoms with Gasteiger partial charge in [0.2, 0.25) is 5.82 Å². The average molecular weight is 244 g/mol. The van der Waals surface area contributed by atoms with Gasteiger partial charge >= 0.3 is 0 Å². The first kappa shape index (κ1) is 12.3. The fourth-order valence-corrected chi connectivity index (χ4v) is 1.72. The first-order chi connectivity index (χ1) is 8.59. The van der Waals surface area contributed by atoms with Gasteiger partial charge in [-0.15, -0.1) is 0 Å². The van der Waals surface area contributed by atoms with Crippen LogP contribution in [0.25, 0.3) is 0 Å². The predicted octanol–water partition coefficient (Wildman–Crippen LogP) is 1.95. The molecule has 18 heavy (non-hydrogen) atoms. The molecule has 1 aromatic heterocycles. The summed E-state index contributed by atoms with van der Waals surface area (Å²) in [5.41, 5.74) is 2.30. The van der Waals surface area contributed by atoms with Gasteiger partial charge in [0.1, 0.15) is 6.33 Å². The minimum Gasteiger partial charge on any atom is -0.332 e. The molecule has 0 bridgehead atoms. The molecule has 94 valence electrons. The van der Waals surface area contributed by atoms with Crippen LogP contribution in [0.3, 0.4) is 0 Å². The quantitative estimate of drug-likeness (QED) is 0.897. The van der Waals surface area contributed by atoms with E-state index in [1.807, 2.05) is 38.1 Å². The fourth-order valence-electron chi connectivity index (χ4n) is 1.72. The maximum Gasteiger partial charge on any atom is 0.291 e. The number of amides is 1. The van der Waals surface area contributed by atoms with E-state index in [9.17, 15) is 4.79 Å². The van der Waals surface area contributed by atoms with Crippen molar-refractivity contribution < 1.29 is 4.79 Å². The Balaban J connectivity index is 2.16. The van der Waals surface area contributed by atoms with Crippen LogP contribution in [-0.4, -0.2) is 33.0 Å². The zero-order valence-electron chi connectivity index (χ0n) is 10.7. The predicted molar refractivity (Wildman–Crippen MR) is 68.1 cm³/mol. The maximum absolute atomic E-state index is 12.1. The van der Waals surface area contributed by atoms with E-state index in [2.05, 4.69) is 15.2 Å². The second-order valence-electron chi connectivity index (χ2n) is 4.34. The molecule has 0 radical (unpaired) electrons. The van der Waals surface area contributed by atoms with Crippen LogP contribution in [0.4, 0.5) is 0 Å². The van der Waals surface area contributed by atoms with E-state index in [0.717, 1.165) is 5.56 Å². The number of carbonyl (C=O) groups is 1. The molecule has 0 aliphatic rings. The standard InChI is InChI=1S/C13H16N4O/c1-9-4-6-11(7-5-9)10(2)17(3)13(18)12-14-8-15-16-12/h4-8,10H,1-3H3,(H,14,15,16). The summed E-state index contributed by atoms with van der Waals surface area (Å²) in [4.78, 5) is 17.6. The number of aryl methyl sites for hydroxylation is 1. The summed E-state index contributed by atoms with van der Waals surface area (Å²) >= 11 is 0. The maximum atomic E-state index is 12.1. The Morgan fingerprint density at radius 3 is 2.56 bits per heavy atom. The van der Waals surface area contributed by atoms with E-state index in [-0.39, 0.29) is 17.8 Å². The molecule has 1 aromatic carbocycles. The Kier molecular flexibility index (Phi) is 3.41. The van der Waals surface area contributed by atoms with Crippen molar-refractivity contribution in [2.24, 2.45) is 0 Å². The number of nitrogens with zero attached hydrogens (tertiary/aromatic N) is 3. The van der Waals surface area contributed by atoms with Crippen molar-refractivity contribution in [3.63, 3.8) is 0 Å². The number of carbonyl (C=O) groups excluding carboxylic acids is 1. The van der Waals surface area contributed by atoms with Gasteiger partial charge in [-0.3, -0.25) is 9.89 Å². The monoisotopic (exact) mass is 244 g/mol. The highest BCUT2D eigenvalue weighted by molar-refractivity contribution is 5.90. The number of nitrogens with one attached hydrogen (secondary N) is 1. The Hall–Kier alpha value is -2.17. The number of aromatic nitrogens is 3. The minimum atomic E-state index is -0.166. The normalized spacial score (nSPS) is 12.2. The summed E-state index contributed by atoms with van der Waals surface area (Å²) in [6.45, 7) is 4.02. The molecule has 1 unspecified atom stereocenters. The summed E-state index contributed by atoms with van der Waals surface area (Å²) in [5.74, 6) is 0.0945. The summed E-state index contributed by atoms with van der Waals surface area (Å²) in [5, 5.41) is 6.27. The number of hydrogen-bond acceptors (Lipinski definition) is 3. The highest BCUT2D eigenvalue weighted by Gasteiger charge is 2.20. The average Bonchev–Trinajstić information content (AvgIpc) is 2.91. The van der Waals surface area contributed by atoms with Crippen LogP contribution in [0, 0.1) is 6.92 Å². The highest BCUT2D eigenvalue weighted by Crippen LogP contribution is 2.20. The largest absolute Gasteiger partial charge is 0.332 e. The van der Waals surface area contributed by atoms with E-state index in [0.29, 0.717) is 0 Å². The second-order valence-corrected chi connectivity index (χ2v) is 4.34. The smallest absolute Gasteiger partial charge is 0.291 e. The first-order valence-corrected chi connectivity index (χ1v) is 5.78. The van der Waals surface area contributed by atoms with Gasteiger partial charge < -0.3 is 4.90 Å². The van der Waals surface area contributed by atoms with Crippen LogP contribution >= 0.6 is 0 Å². The molecule has 1 heterocycles. The lowest BCUT2D eigenvalue weighted by Gasteiger charge is -2.24. The summed E-state index contributed by atoms with van der Waals surface area (Å²) in [6, 6.07) is 8.13. The van der Waals surface area contributed by atoms with Gasteiger partial charge in [-0.1, -0.05) is 29.8 Å². The summed E-state index contributed by atoms with van der Waals surface area (Å²) in [7, 11) is 1.76. The molecule has 2 rings (SSSR count). The lowest BCUT2D eigenvalue weighted by Crippen LogP contribution is -2.30.